The fraction of sp³-hybridized carbons (Fsp3) is 0.636. The summed E-state index contributed by atoms with van der Waals surface area (Å²) in [6.45, 7) is 2.09. The first-order valence-electron chi connectivity index (χ1n) is 5.81. The first kappa shape index (κ1) is 11.1. The van der Waals surface area contributed by atoms with Crippen LogP contribution in [0.1, 0.15) is 31.7 Å². The second kappa shape index (κ2) is 4.65. The van der Waals surface area contributed by atoms with Crippen molar-refractivity contribution in [1.29, 1.82) is 0 Å². The molecule has 0 aliphatic heterocycles. The molecule has 0 amide bonds. The van der Waals surface area contributed by atoms with Crippen molar-refractivity contribution in [3.8, 4) is 0 Å². The van der Waals surface area contributed by atoms with E-state index >= 15 is 0 Å². The molecular formula is C11H19N5. The molecule has 88 valence electrons. The fourth-order valence-electron chi connectivity index (χ4n) is 2.10. The van der Waals surface area contributed by atoms with Gasteiger partial charge in [-0.3, -0.25) is 0 Å². The highest BCUT2D eigenvalue weighted by molar-refractivity contribution is 5.58. The van der Waals surface area contributed by atoms with E-state index in [1.807, 2.05) is 0 Å². The highest BCUT2D eigenvalue weighted by atomic mass is 15.3. The van der Waals surface area contributed by atoms with E-state index in [1.165, 1.54) is 19.3 Å². The van der Waals surface area contributed by atoms with Gasteiger partial charge in [-0.05, 0) is 25.7 Å². The van der Waals surface area contributed by atoms with Gasteiger partial charge in [0, 0.05) is 18.7 Å². The van der Waals surface area contributed by atoms with Crippen molar-refractivity contribution in [3.63, 3.8) is 0 Å². The quantitative estimate of drug-likeness (QED) is 0.593. The molecule has 1 heterocycles. The number of rotatable bonds is 4. The molecule has 3 N–H and O–H groups in total. The molecule has 0 radical (unpaired) electrons. The second-order valence-electron chi connectivity index (χ2n) is 4.22. The molecule has 0 bridgehead atoms. The first-order valence-corrected chi connectivity index (χ1v) is 5.81. The van der Waals surface area contributed by atoms with E-state index in [0.29, 0.717) is 6.04 Å². The van der Waals surface area contributed by atoms with Crippen molar-refractivity contribution >= 4 is 11.6 Å². The molecule has 5 heteroatoms. The van der Waals surface area contributed by atoms with Crippen LogP contribution in [0.15, 0.2) is 6.33 Å². The van der Waals surface area contributed by atoms with Gasteiger partial charge in [-0.2, -0.15) is 0 Å². The molecule has 1 aliphatic rings. The third-order valence-corrected chi connectivity index (χ3v) is 3.37. The van der Waals surface area contributed by atoms with E-state index in [9.17, 15) is 0 Å². The van der Waals surface area contributed by atoms with E-state index in [-0.39, 0.29) is 0 Å². The van der Waals surface area contributed by atoms with Crippen LogP contribution in [-0.2, 0) is 6.42 Å². The molecule has 0 atom stereocenters. The Kier molecular flexibility index (Phi) is 3.24. The van der Waals surface area contributed by atoms with Gasteiger partial charge in [-0.1, -0.05) is 6.92 Å². The molecule has 1 aromatic heterocycles. The van der Waals surface area contributed by atoms with Crippen LogP contribution in [0.3, 0.4) is 0 Å². The summed E-state index contributed by atoms with van der Waals surface area (Å²) in [5.74, 6) is 7.20. The standard InChI is InChI=1S/C11H19N5/c1-3-9-10(15-12)13-7-14-11(9)16(2)8-5-4-6-8/h7-8H,3-6,12H2,1-2H3,(H,13,14,15). The van der Waals surface area contributed by atoms with Gasteiger partial charge in [0.25, 0.3) is 0 Å². The Morgan fingerprint density at radius 2 is 2.25 bits per heavy atom. The summed E-state index contributed by atoms with van der Waals surface area (Å²) in [6.07, 6.45) is 6.29. The molecule has 1 aromatic rings. The maximum atomic E-state index is 5.46. The number of hydrazine groups is 1. The Hall–Kier alpha value is -1.36. The first-order chi connectivity index (χ1) is 7.77. The monoisotopic (exact) mass is 221 g/mol. The molecular weight excluding hydrogens is 202 g/mol. The van der Waals surface area contributed by atoms with Gasteiger partial charge in [0.05, 0.1) is 0 Å². The lowest BCUT2D eigenvalue weighted by Crippen LogP contribution is -2.38. The molecule has 1 fully saturated rings. The average Bonchev–Trinajstić information content (AvgIpc) is 2.25. The second-order valence-corrected chi connectivity index (χ2v) is 4.22. The minimum absolute atomic E-state index is 0.630. The molecule has 5 nitrogen and oxygen atoms in total. The Labute approximate surface area is 96.0 Å². The Bertz CT molecular complexity index is 361. The van der Waals surface area contributed by atoms with Crippen LogP contribution in [0.5, 0.6) is 0 Å². The lowest BCUT2D eigenvalue weighted by Gasteiger charge is -2.36. The molecule has 1 saturated carbocycles. The fourth-order valence-corrected chi connectivity index (χ4v) is 2.10. The summed E-state index contributed by atoms with van der Waals surface area (Å²) in [5.41, 5.74) is 3.74. The maximum Gasteiger partial charge on any atom is 0.148 e. The minimum Gasteiger partial charge on any atom is -0.356 e. The number of anilines is 2. The van der Waals surface area contributed by atoms with Crippen LogP contribution in [-0.4, -0.2) is 23.1 Å². The van der Waals surface area contributed by atoms with Gasteiger partial charge in [-0.25, -0.2) is 15.8 Å². The lowest BCUT2D eigenvalue weighted by molar-refractivity contribution is 0.398. The summed E-state index contributed by atoms with van der Waals surface area (Å²) in [4.78, 5) is 10.8. The van der Waals surface area contributed by atoms with Crippen LogP contribution >= 0.6 is 0 Å². The SMILES string of the molecule is CCc1c(NN)ncnc1N(C)C1CCC1. The topological polar surface area (TPSA) is 67.1 Å². The normalized spacial score (nSPS) is 15.7. The van der Waals surface area contributed by atoms with Gasteiger partial charge in [-0.15, -0.1) is 0 Å². The summed E-state index contributed by atoms with van der Waals surface area (Å²) in [6, 6.07) is 0.630. The van der Waals surface area contributed by atoms with Crippen LogP contribution in [0, 0.1) is 0 Å². The summed E-state index contributed by atoms with van der Waals surface area (Å²) >= 11 is 0. The molecule has 0 aromatic carbocycles. The van der Waals surface area contributed by atoms with E-state index in [4.69, 9.17) is 5.84 Å². The Balaban J connectivity index is 2.30. The Morgan fingerprint density at radius 3 is 2.75 bits per heavy atom. The van der Waals surface area contributed by atoms with Gasteiger partial charge in [0.2, 0.25) is 0 Å². The lowest BCUT2D eigenvalue weighted by atomic mass is 9.91. The molecule has 16 heavy (non-hydrogen) atoms. The molecule has 0 spiro atoms. The number of nitrogens with two attached hydrogens (primary N) is 1. The number of nitrogens with zero attached hydrogens (tertiary/aromatic N) is 3. The molecule has 2 rings (SSSR count). The van der Waals surface area contributed by atoms with Crippen LogP contribution in [0.4, 0.5) is 11.6 Å². The van der Waals surface area contributed by atoms with Crippen molar-refractivity contribution in [3.05, 3.63) is 11.9 Å². The number of hydrogen-bond donors (Lipinski definition) is 2. The minimum atomic E-state index is 0.630. The predicted octanol–water partition coefficient (Wildman–Crippen LogP) is 1.31. The molecule has 0 unspecified atom stereocenters. The van der Waals surface area contributed by atoms with E-state index in [0.717, 1.165) is 23.6 Å². The van der Waals surface area contributed by atoms with Crippen LogP contribution < -0.4 is 16.2 Å². The van der Waals surface area contributed by atoms with Gasteiger partial charge < -0.3 is 10.3 Å². The third-order valence-electron chi connectivity index (χ3n) is 3.37. The summed E-state index contributed by atoms with van der Waals surface area (Å²) < 4.78 is 0. The smallest absolute Gasteiger partial charge is 0.148 e. The Morgan fingerprint density at radius 1 is 1.50 bits per heavy atom. The zero-order valence-corrected chi connectivity index (χ0v) is 9.90. The van der Waals surface area contributed by atoms with Crippen molar-refractivity contribution in [2.24, 2.45) is 5.84 Å². The zero-order chi connectivity index (χ0) is 11.5. The number of nitrogen functional groups attached to an aromatic ring is 1. The number of aromatic nitrogens is 2. The van der Waals surface area contributed by atoms with Crippen molar-refractivity contribution < 1.29 is 0 Å². The molecule has 0 saturated heterocycles. The highest BCUT2D eigenvalue weighted by Gasteiger charge is 2.25. The average molecular weight is 221 g/mol. The van der Waals surface area contributed by atoms with Gasteiger partial charge >= 0.3 is 0 Å². The van der Waals surface area contributed by atoms with Crippen molar-refractivity contribution in [1.82, 2.24) is 9.97 Å². The molecule has 1 aliphatic carbocycles. The largest absolute Gasteiger partial charge is 0.356 e. The van der Waals surface area contributed by atoms with Crippen molar-refractivity contribution in [2.45, 2.75) is 38.6 Å². The van der Waals surface area contributed by atoms with Crippen molar-refractivity contribution in [2.75, 3.05) is 17.4 Å². The third kappa shape index (κ3) is 1.82. The van der Waals surface area contributed by atoms with E-state index in [2.05, 4.69) is 34.3 Å². The van der Waals surface area contributed by atoms with Crippen LogP contribution in [0.25, 0.3) is 0 Å². The zero-order valence-electron chi connectivity index (χ0n) is 9.90. The van der Waals surface area contributed by atoms with E-state index < -0.39 is 0 Å². The predicted molar refractivity (Wildman–Crippen MR) is 65.3 cm³/mol. The maximum absolute atomic E-state index is 5.46. The number of hydrogen-bond acceptors (Lipinski definition) is 5. The number of nitrogens with one attached hydrogen (secondary N) is 1. The highest BCUT2D eigenvalue weighted by Crippen LogP contribution is 2.30. The summed E-state index contributed by atoms with van der Waals surface area (Å²) in [5, 5.41) is 0. The van der Waals surface area contributed by atoms with Crippen LogP contribution in [0.2, 0.25) is 0 Å². The summed E-state index contributed by atoms with van der Waals surface area (Å²) in [7, 11) is 2.10. The van der Waals surface area contributed by atoms with Gasteiger partial charge in [0.1, 0.15) is 18.0 Å². The van der Waals surface area contributed by atoms with E-state index in [1.54, 1.807) is 6.33 Å². The van der Waals surface area contributed by atoms with Gasteiger partial charge in [0.15, 0.2) is 0 Å².